The standard InChI is InChI=1S/C23H44O3/c1-2-3-4-5-6-7-8-9-10-11-12-13-14-15-16-19-23(24)26-21-22-18-17-20-25-22/h22H,2-21H2,1H3/t22-/m0/s1. The summed E-state index contributed by atoms with van der Waals surface area (Å²) in [5.74, 6) is -0.0461. The van der Waals surface area contributed by atoms with Gasteiger partial charge in [-0.05, 0) is 19.3 Å². The zero-order chi connectivity index (χ0) is 18.7. The Labute approximate surface area is 162 Å². The van der Waals surface area contributed by atoms with E-state index in [0.717, 1.165) is 32.3 Å². The Morgan fingerprint density at radius 3 is 1.77 bits per heavy atom. The fraction of sp³-hybridized carbons (Fsp3) is 0.957. The van der Waals surface area contributed by atoms with Crippen LogP contribution < -0.4 is 0 Å². The van der Waals surface area contributed by atoms with E-state index >= 15 is 0 Å². The Balaban J connectivity index is 1.70. The third kappa shape index (κ3) is 14.6. The van der Waals surface area contributed by atoms with Crippen LogP contribution in [0.2, 0.25) is 0 Å². The largest absolute Gasteiger partial charge is 0.463 e. The minimum absolute atomic E-state index is 0.0461. The molecule has 0 spiro atoms. The van der Waals surface area contributed by atoms with Gasteiger partial charge in [-0.2, -0.15) is 0 Å². The second kappa shape index (κ2) is 17.8. The van der Waals surface area contributed by atoms with Gasteiger partial charge in [0.15, 0.2) is 0 Å². The van der Waals surface area contributed by atoms with Crippen LogP contribution in [0.15, 0.2) is 0 Å². The lowest BCUT2D eigenvalue weighted by atomic mass is 10.0. The molecule has 1 saturated heterocycles. The normalized spacial score (nSPS) is 16.9. The maximum atomic E-state index is 11.7. The van der Waals surface area contributed by atoms with E-state index in [9.17, 15) is 4.79 Å². The third-order valence-electron chi connectivity index (χ3n) is 5.44. The number of hydrogen-bond acceptors (Lipinski definition) is 3. The van der Waals surface area contributed by atoms with Crippen LogP contribution in [0.1, 0.15) is 122 Å². The number of ether oxygens (including phenoxy) is 2. The molecule has 0 radical (unpaired) electrons. The molecule has 1 rings (SSSR count). The summed E-state index contributed by atoms with van der Waals surface area (Å²) in [7, 11) is 0. The molecule has 0 aromatic rings. The molecule has 1 heterocycles. The third-order valence-corrected chi connectivity index (χ3v) is 5.44. The van der Waals surface area contributed by atoms with Crippen molar-refractivity contribution in [3.63, 3.8) is 0 Å². The topological polar surface area (TPSA) is 35.5 Å². The maximum absolute atomic E-state index is 11.7. The first-order chi connectivity index (χ1) is 12.8. The molecule has 1 aliphatic rings. The number of unbranched alkanes of at least 4 members (excludes halogenated alkanes) is 14. The molecule has 0 saturated carbocycles. The molecular weight excluding hydrogens is 324 g/mol. The van der Waals surface area contributed by atoms with E-state index in [1.807, 2.05) is 0 Å². The van der Waals surface area contributed by atoms with Gasteiger partial charge in [0, 0.05) is 13.0 Å². The summed E-state index contributed by atoms with van der Waals surface area (Å²) in [6, 6.07) is 0. The summed E-state index contributed by atoms with van der Waals surface area (Å²) in [6.07, 6.45) is 23.1. The van der Waals surface area contributed by atoms with Gasteiger partial charge in [0.2, 0.25) is 0 Å². The van der Waals surface area contributed by atoms with Crippen LogP contribution in [0, 0.1) is 0 Å². The number of rotatable bonds is 18. The number of carbonyl (C=O) groups excluding carboxylic acids is 1. The van der Waals surface area contributed by atoms with Crippen LogP contribution in [0.4, 0.5) is 0 Å². The molecular formula is C23H44O3. The highest BCUT2D eigenvalue weighted by molar-refractivity contribution is 5.69. The SMILES string of the molecule is CCCCCCCCCCCCCCCCCC(=O)OC[C@@H]1CCCO1. The molecule has 0 aromatic heterocycles. The fourth-order valence-electron chi connectivity index (χ4n) is 3.67. The van der Waals surface area contributed by atoms with Crippen molar-refractivity contribution in [3.05, 3.63) is 0 Å². The van der Waals surface area contributed by atoms with Crippen molar-refractivity contribution < 1.29 is 14.3 Å². The van der Waals surface area contributed by atoms with Crippen LogP contribution in [-0.4, -0.2) is 25.3 Å². The van der Waals surface area contributed by atoms with Crippen LogP contribution in [-0.2, 0) is 14.3 Å². The lowest BCUT2D eigenvalue weighted by Crippen LogP contribution is -2.17. The molecule has 1 fully saturated rings. The van der Waals surface area contributed by atoms with Gasteiger partial charge < -0.3 is 9.47 Å². The fourth-order valence-corrected chi connectivity index (χ4v) is 3.67. The molecule has 26 heavy (non-hydrogen) atoms. The Kier molecular flexibility index (Phi) is 16.1. The Morgan fingerprint density at radius 2 is 1.31 bits per heavy atom. The van der Waals surface area contributed by atoms with Crippen molar-refractivity contribution in [2.45, 2.75) is 129 Å². The molecule has 154 valence electrons. The Bertz CT molecular complexity index is 311. The number of hydrogen-bond donors (Lipinski definition) is 0. The van der Waals surface area contributed by atoms with E-state index in [1.165, 1.54) is 83.5 Å². The lowest BCUT2D eigenvalue weighted by molar-refractivity contribution is -0.147. The predicted octanol–water partition coefficient (Wildman–Crippen LogP) is 6.97. The first-order valence-electron chi connectivity index (χ1n) is 11.6. The number of esters is 1. The molecule has 0 aromatic carbocycles. The molecule has 1 atom stereocenters. The summed E-state index contributed by atoms with van der Waals surface area (Å²) in [5.41, 5.74) is 0. The van der Waals surface area contributed by atoms with E-state index in [-0.39, 0.29) is 12.1 Å². The molecule has 0 amide bonds. The van der Waals surface area contributed by atoms with Gasteiger partial charge in [-0.1, -0.05) is 96.8 Å². The van der Waals surface area contributed by atoms with E-state index in [4.69, 9.17) is 9.47 Å². The summed E-state index contributed by atoms with van der Waals surface area (Å²) in [6.45, 7) is 3.56. The van der Waals surface area contributed by atoms with Crippen LogP contribution >= 0.6 is 0 Å². The molecule has 0 N–H and O–H groups in total. The average Bonchev–Trinajstić information content (AvgIpc) is 3.17. The summed E-state index contributed by atoms with van der Waals surface area (Å²) in [5, 5.41) is 0. The molecule has 0 bridgehead atoms. The molecule has 3 nitrogen and oxygen atoms in total. The van der Waals surface area contributed by atoms with Gasteiger partial charge in [-0.3, -0.25) is 4.79 Å². The summed E-state index contributed by atoms with van der Waals surface area (Å²) < 4.78 is 10.7. The van der Waals surface area contributed by atoms with Crippen molar-refractivity contribution in [1.82, 2.24) is 0 Å². The minimum Gasteiger partial charge on any atom is -0.463 e. The molecule has 0 aliphatic carbocycles. The predicted molar refractivity (Wildman–Crippen MR) is 109 cm³/mol. The van der Waals surface area contributed by atoms with Gasteiger partial charge in [0.05, 0.1) is 6.10 Å². The van der Waals surface area contributed by atoms with E-state index in [2.05, 4.69) is 6.92 Å². The molecule has 3 heteroatoms. The first-order valence-corrected chi connectivity index (χ1v) is 11.6. The Morgan fingerprint density at radius 1 is 0.808 bits per heavy atom. The van der Waals surface area contributed by atoms with Gasteiger partial charge >= 0.3 is 5.97 Å². The minimum atomic E-state index is -0.0461. The van der Waals surface area contributed by atoms with Crippen molar-refractivity contribution in [1.29, 1.82) is 0 Å². The molecule has 0 unspecified atom stereocenters. The van der Waals surface area contributed by atoms with E-state index in [0.29, 0.717) is 13.0 Å². The summed E-state index contributed by atoms with van der Waals surface area (Å²) >= 11 is 0. The van der Waals surface area contributed by atoms with Crippen LogP contribution in [0.5, 0.6) is 0 Å². The van der Waals surface area contributed by atoms with E-state index < -0.39 is 0 Å². The van der Waals surface area contributed by atoms with Crippen molar-refractivity contribution in [3.8, 4) is 0 Å². The maximum Gasteiger partial charge on any atom is 0.305 e. The van der Waals surface area contributed by atoms with Crippen molar-refractivity contribution in [2.24, 2.45) is 0 Å². The zero-order valence-corrected chi connectivity index (χ0v) is 17.4. The monoisotopic (exact) mass is 368 g/mol. The second-order valence-electron chi connectivity index (χ2n) is 8.02. The van der Waals surface area contributed by atoms with Gasteiger partial charge in [0.1, 0.15) is 6.61 Å². The highest BCUT2D eigenvalue weighted by atomic mass is 16.6. The zero-order valence-electron chi connectivity index (χ0n) is 17.4. The number of carbonyl (C=O) groups is 1. The lowest BCUT2D eigenvalue weighted by Gasteiger charge is -2.10. The van der Waals surface area contributed by atoms with Crippen molar-refractivity contribution >= 4 is 5.97 Å². The van der Waals surface area contributed by atoms with E-state index in [1.54, 1.807) is 0 Å². The highest BCUT2D eigenvalue weighted by Crippen LogP contribution is 2.15. The summed E-state index contributed by atoms with van der Waals surface area (Å²) in [4.78, 5) is 11.7. The van der Waals surface area contributed by atoms with Crippen LogP contribution in [0.3, 0.4) is 0 Å². The van der Waals surface area contributed by atoms with Gasteiger partial charge in [-0.15, -0.1) is 0 Å². The highest BCUT2D eigenvalue weighted by Gasteiger charge is 2.17. The Hall–Kier alpha value is -0.570. The van der Waals surface area contributed by atoms with Crippen molar-refractivity contribution in [2.75, 3.05) is 13.2 Å². The first kappa shape index (κ1) is 23.5. The average molecular weight is 369 g/mol. The second-order valence-corrected chi connectivity index (χ2v) is 8.02. The molecule has 1 aliphatic heterocycles. The van der Waals surface area contributed by atoms with Crippen LogP contribution in [0.25, 0.3) is 0 Å². The smallest absolute Gasteiger partial charge is 0.305 e. The quantitative estimate of drug-likeness (QED) is 0.193. The van der Waals surface area contributed by atoms with Gasteiger partial charge in [0.25, 0.3) is 0 Å². The van der Waals surface area contributed by atoms with Gasteiger partial charge in [-0.25, -0.2) is 0 Å².